The van der Waals surface area contributed by atoms with Crippen molar-refractivity contribution in [2.45, 2.75) is 13.8 Å². The van der Waals surface area contributed by atoms with Crippen molar-refractivity contribution in [1.29, 1.82) is 0 Å². The molecule has 2 aromatic carbocycles. The summed E-state index contributed by atoms with van der Waals surface area (Å²) in [5.74, 6) is 0.882. The van der Waals surface area contributed by atoms with Gasteiger partial charge in [0, 0.05) is 38.3 Å². The fourth-order valence-corrected chi connectivity index (χ4v) is 3.38. The Balaban J connectivity index is 0.00000182. The molecule has 1 saturated heterocycles. The lowest BCUT2D eigenvalue weighted by atomic mass is 10.0. The van der Waals surface area contributed by atoms with Crippen molar-refractivity contribution < 1.29 is 4.74 Å². The Morgan fingerprint density at radius 2 is 1.68 bits per heavy atom. The second-order valence-corrected chi connectivity index (χ2v) is 6.57. The van der Waals surface area contributed by atoms with Crippen LogP contribution in [0, 0.1) is 0 Å². The lowest BCUT2D eigenvalue weighted by Gasteiger charge is -2.34. The predicted octanol–water partition coefficient (Wildman–Crippen LogP) is 3.76. The van der Waals surface area contributed by atoms with E-state index >= 15 is 0 Å². The van der Waals surface area contributed by atoms with Gasteiger partial charge in [-0.1, -0.05) is 13.5 Å². The van der Waals surface area contributed by atoms with E-state index in [4.69, 9.17) is 9.73 Å². The van der Waals surface area contributed by atoms with Gasteiger partial charge < -0.3 is 14.5 Å². The SMILES string of the molecule is C.COc1ccc(C2=Nc3cc(N4CCN(C)CC4)ccc3C2)cc1. The fraction of sp³-hybridized carbons (Fsp3) is 0.381. The van der Waals surface area contributed by atoms with Gasteiger partial charge in [-0.15, -0.1) is 0 Å². The van der Waals surface area contributed by atoms with Crippen molar-refractivity contribution in [2.75, 3.05) is 45.2 Å². The largest absolute Gasteiger partial charge is 0.497 e. The van der Waals surface area contributed by atoms with Crippen LogP contribution in [0.2, 0.25) is 0 Å². The smallest absolute Gasteiger partial charge is 0.118 e. The van der Waals surface area contributed by atoms with E-state index in [1.54, 1.807) is 7.11 Å². The van der Waals surface area contributed by atoms with Crippen LogP contribution in [0.4, 0.5) is 11.4 Å². The fourth-order valence-electron chi connectivity index (χ4n) is 3.38. The van der Waals surface area contributed by atoms with Crippen molar-refractivity contribution in [3.63, 3.8) is 0 Å². The molecule has 2 aromatic rings. The van der Waals surface area contributed by atoms with Gasteiger partial charge in [-0.3, -0.25) is 4.99 Å². The molecule has 0 radical (unpaired) electrons. The molecule has 1 fully saturated rings. The van der Waals surface area contributed by atoms with Gasteiger partial charge in [0.25, 0.3) is 0 Å². The third kappa shape index (κ3) is 3.54. The molecule has 0 aliphatic carbocycles. The summed E-state index contributed by atoms with van der Waals surface area (Å²) in [6.07, 6.45) is 0.907. The zero-order valence-corrected chi connectivity index (χ0v) is 14.3. The molecule has 4 rings (SSSR count). The second kappa shape index (κ2) is 7.28. The minimum Gasteiger partial charge on any atom is -0.497 e. The highest BCUT2D eigenvalue weighted by Crippen LogP contribution is 2.33. The molecule has 0 saturated carbocycles. The number of hydrogen-bond donors (Lipinski definition) is 0. The van der Waals surface area contributed by atoms with Crippen LogP contribution >= 0.6 is 0 Å². The first-order chi connectivity index (χ1) is 11.7. The van der Waals surface area contributed by atoms with E-state index in [0.29, 0.717) is 0 Å². The summed E-state index contributed by atoms with van der Waals surface area (Å²) in [5.41, 5.74) is 6.05. The maximum atomic E-state index is 5.24. The van der Waals surface area contributed by atoms with Crippen molar-refractivity contribution in [2.24, 2.45) is 4.99 Å². The third-order valence-corrected chi connectivity index (χ3v) is 4.97. The first-order valence-electron chi connectivity index (χ1n) is 8.51. The first-order valence-corrected chi connectivity index (χ1v) is 8.51. The zero-order chi connectivity index (χ0) is 16.5. The molecule has 132 valence electrons. The molecule has 0 unspecified atom stereocenters. The number of ether oxygens (including phenoxy) is 1. The number of methoxy groups -OCH3 is 1. The number of hydrogen-bond acceptors (Lipinski definition) is 4. The summed E-state index contributed by atoms with van der Waals surface area (Å²) in [4.78, 5) is 9.72. The van der Waals surface area contributed by atoms with Crippen LogP contribution in [-0.2, 0) is 6.42 Å². The zero-order valence-electron chi connectivity index (χ0n) is 14.3. The lowest BCUT2D eigenvalue weighted by molar-refractivity contribution is 0.313. The minimum atomic E-state index is 0. The topological polar surface area (TPSA) is 28.1 Å². The van der Waals surface area contributed by atoms with Crippen LogP contribution in [0.3, 0.4) is 0 Å². The van der Waals surface area contributed by atoms with E-state index in [1.807, 2.05) is 12.1 Å². The lowest BCUT2D eigenvalue weighted by Crippen LogP contribution is -2.44. The van der Waals surface area contributed by atoms with E-state index in [0.717, 1.165) is 49.7 Å². The van der Waals surface area contributed by atoms with Crippen LogP contribution in [-0.4, -0.2) is 50.9 Å². The Hall–Kier alpha value is -2.33. The number of anilines is 1. The number of fused-ring (bicyclic) bond motifs is 1. The van der Waals surface area contributed by atoms with Crippen molar-refractivity contribution in [1.82, 2.24) is 4.90 Å². The summed E-state index contributed by atoms with van der Waals surface area (Å²) in [5, 5.41) is 0. The molecule has 0 spiro atoms. The highest BCUT2D eigenvalue weighted by molar-refractivity contribution is 6.06. The Morgan fingerprint density at radius 1 is 0.960 bits per heavy atom. The molecule has 2 aliphatic heterocycles. The molecule has 2 heterocycles. The quantitative estimate of drug-likeness (QED) is 0.854. The maximum Gasteiger partial charge on any atom is 0.118 e. The molecule has 2 aliphatic rings. The minimum absolute atomic E-state index is 0. The summed E-state index contributed by atoms with van der Waals surface area (Å²) in [6.45, 7) is 4.42. The van der Waals surface area contributed by atoms with Gasteiger partial charge >= 0.3 is 0 Å². The van der Waals surface area contributed by atoms with Crippen LogP contribution in [0.25, 0.3) is 0 Å². The highest BCUT2D eigenvalue weighted by atomic mass is 16.5. The van der Waals surface area contributed by atoms with E-state index in [2.05, 4.69) is 47.2 Å². The highest BCUT2D eigenvalue weighted by Gasteiger charge is 2.19. The van der Waals surface area contributed by atoms with E-state index in [9.17, 15) is 0 Å². The van der Waals surface area contributed by atoms with Gasteiger partial charge in [0.15, 0.2) is 0 Å². The Kier molecular flexibility index (Phi) is 5.09. The molecule has 0 aromatic heterocycles. The van der Waals surface area contributed by atoms with Crippen molar-refractivity contribution in [3.8, 4) is 5.75 Å². The number of nitrogens with zero attached hydrogens (tertiary/aromatic N) is 3. The standard InChI is InChI=1S/C20H23N3O.CH4/c1-22-9-11-23(12-10-22)17-6-3-16-13-19(21-20(16)14-17)15-4-7-18(24-2)8-5-15;/h3-8,14H,9-13H2,1-2H3;1H4. The van der Waals surface area contributed by atoms with Gasteiger partial charge in [0.2, 0.25) is 0 Å². The Labute approximate surface area is 150 Å². The van der Waals surface area contributed by atoms with Crippen LogP contribution in [0.5, 0.6) is 5.75 Å². The van der Waals surface area contributed by atoms with Crippen LogP contribution in [0.1, 0.15) is 18.6 Å². The van der Waals surface area contributed by atoms with Gasteiger partial charge in [0.05, 0.1) is 18.5 Å². The molecule has 25 heavy (non-hydrogen) atoms. The molecule has 0 amide bonds. The van der Waals surface area contributed by atoms with Crippen molar-refractivity contribution >= 4 is 17.1 Å². The maximum absolute atomic E-state index is 5.24. The Bertz CT molecular complexity index is 759. The molecule has 0 bridgehead atoms. The van der Waals surface area contributed by atoms with Crippen LogP contribution < -0.4 is 9.64 Å². The van der Waals surface area contributed by atoms with Gasteiger partial charge in [0.1, 0.15) is 5.75 Å². The summed E-state index contributed by atoms with van der Waals surface area (Å²) in [6, 6.07) is 14.9. The number of benzene rings is 2. The van der Waals surface area contributed by atoms with Crippen molar-refractivity contribution in [3.05, 3.63) is 53.6 Å². The average Bonchev–Trinajstić information content (AvgIpc) is 3.05. The van der Waals surface area contributed by atoms with Gasteiger partial charge in [-0.2, -0.15) is 0 Å². The number of piperazine rings is 1. The summed E-state index contributed by atoms with van der Waals surface area (Å²) >= 11 is 0. The molecule has 0 N–H and O–H groups in total. The van der Waals surface area contributed by atoms with Crippen LogP contribution in [0.15, 0.2) is 47.5 Å². The molecule has 0 atom stereocenters. The average molecular weight is 337 g/mol. The number of aliphatic imine (C=N–C) groups is 1. The molecule has 4 heteroatoms. The van der Waals surface area contributed by atoms with E-state index in [-0.39, 0.29) is 7.43 Å². The normalized spacial score (nSPS) is 16.9. The van der Waals surface area contributed by atoms with Gasteiger partial charge in [-0.05, 0) is 54.6 Å². The number of likely N-dealkylation sites (N-methyl/N-ethyl adjacent to an activating group) is 1. The van der Waals surface area contributed by atoms with Gasteiger partial charge in [-0.25, -0.2) is 0 Å². The van der Waals surface area contributed by atoms with E-state index < -0.39 is 0 Å². The predicted molar refractivity (Wildman–Crippen MR) is 106 cm³/mol. The first kappa shape index (κ1) is 17.5. The van der Waals surface area contributed by atoms with E-state index in [1.165, 1.54) is 16.8 Å². The second-order valence-electron chi connectivity index (χ2n) is 6.57. The number of rotatable bonds is 3. The molecular weight excluding hydrogens is 310 g/mol. The third-order valence-electron chi connectivity index (χ3n) is 4.97. The molecule has 4 nitrogen and oxygen atoms in total. The monoisotopic (exact) mass is 337 g/mol. The summed E-state index contributed by atoms with van der Waals surface area (Å²) < 4.78 is 5.24. The Morgan fingerprint density at radius 3 is 2.36 bits per heavy atom. The summed E-state index contributed by atoms with van der Waals surface area (Å²) in [7, 11) is 3.88. The molecular formula is C21H27N3O.